The fraction of sp³-hybridized carbons (Fsp3) is 0.194. The molecule has 1 amide bonds. The predicted molar refractivity (Wildman–Crippen MR) is 155 cm³/mol. The molecule has 0 aliphatic rings. The van der Waals surface area contributed by atoms with Gasteiger partial charge in [0, 0.05) is 43.1 Å². The van der Waals surface area contributed by atoms with E-state index in [0.717, 1.165) is 22.8 Å². The van der Waals surface area contributed by atoms with Crippen LogP contribution >= 0.6 is 0 Å². The number of imidazole rings is 1. The highest BCUT2D eigenvalue weighted by molar-refractivity contribution is 5.93. The summed E-state index contributed by atoms with van der Waals surface area (Å²) >= 11 is 0. The number of hydrogen-bond acceptors (Lipinski definition) is 6. The van der Waals surface area contributed by atoms with Crippen LogP contribution < -0.4 is 11.3 Å². The number of hydroxylamine groups is 2. The summed E-state index contributed by atoms with van der Waals surface area (Å²) in [6, 6.07) is 20.4. The third kappa shape index (κ3) is 5.65. The van der Waals surface area contributed by atoms with Crippen LogP contribution in [0.15, 0.2) is 83.8 Å². The highest BCUT2D eigenvalue weighted by Gasteiger charge is 2.26. The largest absolute Gasteiger partial charge is 0.399 e. The van der Waals surface area contributed by atoms with E-state index in [9.17, 15) is 18.4 Å². The predicted octanol–water partition coefficient (Wildman–Crippen LogP) is 4.34. The highest BCUT2D eigenvalue weighted by Crippen LogP contribution is 2.27. The molecule has 0 aliphatic carbocycles. The molecule has 0 unspecified atom stereocenters. The summed E-state index contributed by atoms with van der Waals surface area (Å²) in [5.41, 5.74) is 8.07. The van der Waals surface area contributed by atoms with E-state index in [2.05, 4.69) is 0 Å². The summed E-state index contributed by atoms with van der Waals surface area (Å²) < 4.78 is 32.3. The number of nitrogens with two attached hydrogens (primary N) is 1. The van der Waals surface area contributed by atoms with Crippen LogP contribution in [-0.4, -0.2) is 51.0 Å². The fourth-order valence-electron chi connectivity index (χ4n) is 4.83. The standard InChI is InChI=1S/C31H30F2N6O3/c1-36(16-20-8-5-4-6-9-20)19-27-28(21-12-14-22(34)15-13-21)35-31-38(17-23-25(32)10-7-11-26(23)33)18-24(30(41)39(27)31)29(40)37(2)42-3/h4-15,18H,16-17,19,34H2,1-3H3. The maximum absolute atomic E-state index is 14.8. The van der Waals surface area contributed by atoms with Crippen molar-refractivity contribution in [2.24, 2.45) is 0 Å². The number of nitrogens with zero attached hydrogens (tertiary/aromatic N) is 5. The van der Waals surface area contributed by atoms with Crippen molar-refractivity contribution in [3.05, 3.63) is 123 Å². The molecule has 11 heteroatoms. The van der Waals surface area contributed by atoms with Crippen molar-refractivity contribution in [3.8, 4) is 11.3 Å². The normalized spacial score (nSPS) is 11.4. The Morgan fingerprint density at radius 3 is 2.26 bits per heavy atom. The van der Waals surface area contributed by atoms with Gasteiger partial charge in [0.15, 0.2) is 0 Å². The molecule has 9 nitrogen and oxygen atoms in total. The van der Waals surface area contributed by atoms with Gasteiger partial charge < -0.3 is 10.3 Å². The van der Waals surface area contributed by atoms with E-state index in [1.165, 1.54) is 35.4 Å². The van der Waals surface area contributed by atoms with Crippen molar-refractivity contribution < 1.29 is 18.4 Å². The number of carbonyl (C=O) groups is 1. The third-order valence-electron chi connectivity index (χ3n) is 7.01. The maximum atomic E-state index is 14.8. The summed E-state index contributed by atoms with van der Waals surface area (Å²) in [6.45, 7) is 0.502. The minimum absolute atomic E-state index is 0.120. The van der Waals surface area contributed by atoms with Crippen LogP contribution in [0.25, 0.3) is 17.0 Å². The van der Waals surface area contributed by atoms with Gasteiger partial charge in [0.25, 0.3) is 11.5 Å². The molecule has 0 bridgehead atoms. The van der Waals surface area contributed by atoms with E-state index in [-0.39, 0.29) is 30.0 Å². The van der Waals surface area contributed by atoms with Gasteiger partial charge >= 0.3 is 0 Å². The summed E-state index contributed by atoms with van der Waals surface area (Å²) in [5.74, 6) is -2.13. The Kier molecular flexibility index (Phi) is 8.14. The molecule has 2 N–H and O–H groups in total. The first-order valence-electron chi connectivity index (χ1n) is 13.2. The summed E-state index contributed by atoms with van der Waals surface area (Å²) in [6.07, 6.45) is 1.26. The summed E-state index contributed by atoms with van der Waals surface area (Å²) in [5, 5.41) is 0.912. The lowest BCUT2D eigenvalue weighted by molar-refractivity contribution is -0.0758. The maximum Gasteiger partial charge on any atom is 0.284 e. The van der Waals surface area contributed by atoms with Gasteiger partial charge in [-0.2, -0.15) is 0 Å². The van der Waals surface area contributed by atoms with E-state index < -0.39 is 23.1 Å². The third-order valence-corrected chi connectivity index (χ3v) is 7.01. The van der Waals surface area contributed by atoms with Crippen LogP contribution in [0.4, 0.5) is 14.5 Å². The number of benzene rings is 3. The first-order valence-corrected chi connectivity index (χ1v) is 13.2. The number of hydrogen-bond donors (Lipinski definition) is 1. The summed E-state index contributed by atoms with van der Waals surface area (Å²) in [7, 11) is 4.57. The highest BCUT2D eigenvalue weighted by atomic mass is 19.1. The van der Waals surface area contributed by atoms with Gasteiger partial charge in [-0.25, -0.2) is 23.2 Å². The fourth-order valence-corrected chi connectivity index (χ4v) is 4.83. The zero-order valence-corrected chi connectivity index (χ0v) is 23.4. The molecule has 0 atom stereocenters. The molecule has 0 fully saturated rings. The van der Waals surface area contributed by atoms with Crippen LogP contribution in [0.1, 0.15) is 27.2 Å². The van der Waals surface area contributed by atoms with Crippen molar-refractivity contribution in [2.45, 2.75) is 19.6 Å². The van der Waals surface area contributed by atoms with Crippen molar-refractivity contribution in [3.63, 3.8) is 0 Å². The number of fused-ring (bicyclic) bond motifs is 1. The van der Waals surface area contributed by atoms with E-state index in [1.807, 2.05) is 42.3 Å². The zero-order valence-electron chi connectivity index (χ0n) is 23.4. The lowest BCUT2D eigenvalue weighted by atomic mass is 10.1. The number of aromatic nitrogens is 3. The minimum atomic E-state index is -0.762. The average Bonchev–Trinajstić information content (AvgIpc) is 3.35. The van der Waals surface area contributed by atoms with Gasteiger partial charge in [0.1, 0.15) is 17.2 Å². The van der Waals surface area contributed by atoms with Gasteiger partial charge in [-0.3, -0.25) is 19.3 Å². The number of nitrogen functional groups attached to an aromatic ring is 1. The van der Waals surface area contributed by atoms with Crippen LogP contribution in [0, 0.1) is 11.6 Å². The number of halogens is 2. The Morgan fingerprint density at radius 2 is 1.62 bits per heavy atom. The molecule has 5 aromatic rings. The van der Waals surface area contributed by atoms with Gasteiger partial charge in [0.2, 0.25) is 5.78 Å². The van der Waals surface area contributed by atoms with Crippen molar-refractivity contribution in [1.82, 2.24) is 23.9 Å². The molecule has 216 valence electrons. The van der Waals surface area contributed by atoms with Crippen LogP contribution in [0.2, 0.25) is 0 Å². The Hall–Kier alpha value is -4.87. The number of carbonyl (C=O) groups excluding carboxylic acids is 1. The lowest BCUT2D eigenvalue weighted by Crippen LogP contribution is -2.34. The number of anilines is 1. The molecule has 0 saturated carbocycles. The molecule has 0 radical (unpaired) electrons. The molecule has 3 aromatic carbocycles. The second-order valence-electron chi connectivity index (χ2n) is 9.98. The SMILES string of the molecule is CON(C)C(=O)c1cn(Cc2c(F)cccc2F)c2nc(-c3ccc(N)cc3)c(CN(C)Cc3ccccc3)n2c1=O. The molecular formula is C31H30F2N6O3. The molecule has 2 aromatic heterocycles. The second-order valence-corrected chi connectivity index (χ2v) is 9.98. The first kappa shape index (κ1) is 28.7. The van der Waals surface area contributed by atoms with E-state index in [4.69, 9.17) is 15.6 Å². The van der Waals surface area contributed by atoms with Crippen molar-refractivity contribution >= 4 is 17.4 Å². The number of amides is 1. The Morgan fingerprint density at radius 1 is 0.952 bits per heavy atom. The quantitative estimate of drug-likeness (QED) is 0.209. The summed E-state index contributed by atoms with van der Waals surface area (Å²) in [4.78, 5) is 39.1. The van der Waals surface area contributed by atoms with Gasteiger partial charge in [-0.05, 0) is 36.9 Å². The van der Waals surface area contributed by atoms with E-state index in [1.54, 1.807) is 24.3 Å². The Labute approximate surface area is 241 Å². The molecule has 2 heterocycles. The second kappa shape index (κ2) is 11.9. The van der Waals surface area contributed by atoms with Crippen LogP contribution in [0.5, 0.6) is 0 Å². The molecule has 5 rings (SSSR count). The monoisotopic (exact) mass is 572 g/mol. The first-order chi connectivity index (χ1) is 20.2. The van der Waals surface area contributed by atoms with Crippen molar-refractivity contribution in [1.29, 1.82) is 0 Å². The van der Waals surface area contributed by atoms with Crippen LogP contribution in [0.3, 0.4) is 0 Å². The molecule has 42 heavy (non-hydrogen) atoms. The zero-order chi connectivity index (χ0) is 30.0. The molecular weight excluding hydrogens is 542 g/mol. The Balaban J connectivity index is 1.76. The molecule has 0 saturated heterocycles. The smallest absolute Gasteiger partial charge is 0.284 e. The lowest BCUT2D eigenvalue weighted by Gasteiger charge is -2.19. The molecule has 0 spiro atoms. The van der Waals surface area contributed by atoms with Gasteiger partial charge in [0.05, 0.1) is 25.0 Å². The molecule has 0 aliphatic heterocycles. The number of rotatable bonds is 9. The Bertz CT molecular complexity index is 1780. The minimum Gasteiger partial charge on any atom is -0.399 e. The van der Waals surface area contributed by atoms with Crippen molar-refractivity contribution in [2.75, 3.05) is 26.9 Å². The van der Waals surface area contributed by atoms with Gasteiger partial charge in [-0.1, -0.05) is 48.5 Å². The van der Waals surface area contributed by atoms with E-state index >= 15 is 0 Å². The topological polar surface area (TPSA) is 98.1 Å². The van der Waals surface area contributed by atoms with Gasteiger partial charge in [-0.15, -0.1) is 0 Å². The van der Waals surface area contributed by atoms with Crippen LogP contribution in [-0.2, 0) is 24.5 Å². The van der Waals surface area contributed by atoms with E-state index in [0.29, 0.717) is 29.2 Å². The average molecular weight is 573 g/mol.